The van der Waals surface area contributed by atoms with Crippen molar-refractivity contribution in [2.75, 3.05) is 0 Å². The van der Waals surface area contributed by atoms with Crippen molar-refractivity contribution in [1.82, 2.24) is 14.6 Å². The van der Waals surface area contributed by atoms with Crippen molar-refractivity contribution in [3.05, 3.63) is 82.8 Å². The monoisotopic (exact) mass is 323 g/mol. The summed E-state index contributed by atoms with van der Waals surface area (Å²) in [6.45, 7) is 0. The van der Waals surface area contributed by atoms with Crippen LogP contribution in [0.4, 0.5) is 8.78 Å². The lowest BCUT2D eigenvalue weighted by Crippen LogP contribution is -2.14. The van der Waals surface area contributed by atoms with Gasteiger partial charge in [0.25, 0.3) is 5.56 Å². The minimum absolute atomic E-state index is 0.232. The van der Waals surface area contributed by atoms with Crippen LogP contribution in [0.3, 0.4) is 0 Å². The highest BCUT2D eigenvalue weighted by Gasteiger charge is 2.14. The minimum Gasteiger partial charge on any atom is -0.296 e. The number of rotatable bonds is 2. The molecule has 0 atom stereocenters. The summed E-state index contributed by atoms with van der Waals surface area (Å²) in [5, 5.41) is 2.79. The Labute approximate surface area is 135 Å². The summed E-state index contributed by atoms with van der Waals surface area (Å²) in [6.07, 6.45) is 1.57. The fourth-order valence-electron chi connectivity index (χ4n) is 2.66. The molecule has 1 N–H and O–H groups in total. The number of halogens is 2. The molecule has 0 radical (unpaired) electrons. The highest BCUT2D eigenvalue weighted by molar-refractivity contribution is 5.78. The average molecular weight is 323 g/mol. The van der Waals surface area contributed by atoms with Crippen LogP contribution in [0.5, 0.6) is 0 Å². The van der Waals surface area contributed by atoms with E-state index in [1.807, 2.05) is 0 Å². The van der Waals surface area contributed by atoms with Crippen molar-refractivity contribution in [3.8, 4) is 22.4 Å². The van der Waals surface area contributed by atoms with Gasteiger partial charge in [0, 0.05) is 23.4 Å². The molecule has 0 unspecified atom stereocenters. The first-order valence-corrected chi connectivity index (χ1v) is 7.25. The number of H-pyrrole nitrogens is 1. The second kappa shape index (κ2) is 5.42. The standard InChI is InChI=1S/C18H11F2N3O/c19-12-5-3-4-11(8-12)14-10-21-23-17(24)9-16(22-18(14)23)13-6-1-2-7-15(13)20/h1-10,21H. The molecule has 4 nitrogen and oxygen atoms in total. The number of aromatic nitrogens is 3. The Bertz CT molecular complexity index is 1110. The number of nitrogens with zero attached hydrogens (tertiary/aromatic N) is 2. The molecule has 118 valence electrons. The maximum atomic E-state index is 14.0. The van der Waals surface area contributed by atoms with Gasteiger partial charge in [-0.25, -0.2) is 18.3 Å². The maximum Gasteiger partial charge on any atom is 0.273 e. The zero-order chi connectivity index (χ0) is 16.7. The summed E-state index contributed by atoms with van der Waals surface area (Å²) in [5.74, 6) is -0.851. The average Bonchev–Trinajstić information content (AvgIpc) is 3.00. The van der Waals surface area contributed by atoms with Gasteiger partial charge in [0.15, 0.2) is 5.65 Å². The van der Waals surface area contributed by atoms with Crippen molar-refractivity contribution in [3.63, 3.8) is 0 Å². The Kier molecular flexibility index (Phi) is 3.23. The van der Waals surface area contributed by atoms with E-state index in [-0.39, 0.29) is 22.6 Å². The van der Waals surface area contributed by atoms with Crippen LogP contribution in [-0.4, -0.2) is 14.6 Å². The van der Waals surface area contributed by atoms with Gasteiger partial charge in [0.1, 0.15) is 11.6 Å². The van der Waals surface area contributed by atoms with Crippen LogP contribution < -0.4 is 5.56 Å². The highest BCUT2D eigenvalue weighted by Crippen LogP contribution is 2.26. The van der Waals surface area contributed by atoms with Crippen LogP contribution in [0, 0.1) is 11.6 Å². The molecule has 0 aliphatic carbocycles. The molecule has 0 spiro atoms. The lowest BCUT2D eigenvalue weighted by atomic mass is 10.1. The zero-order valence-corrected chi connectivity index (χ0v) is 12.3. The molecule has 0 aliphatic rings. The number of benzene rings is 2. The van der Waals surface area contributed by atoms with E-state index in [0.717, 1.165) is 0 Å². The van der Waals surface area contributed by atoms with Gasteiger partial charge in [-0.1, -0.05) is 24.3 Å². The van der Waals surface area contributed by atoms with Crippen LogP contribution in [0.25, 0.3) is 28.0 Å². The third-order valence-corrected chi connectivity index (χ3v) is 3.78. The number of nitrogens with one attached hydrogen (secondary N) is 1. The molecule has 0 bridgehead atoms. The molecule has 24 heavy (non-hydrogen) atoms. The molecular weight excluding hydrogens is 312 g/mol. The summed E-state index contributed by atoms with van der Waals surface area (Å²) in [5.41, 5.74) is 1.54. The van der Waals surface area contributed by atoms with Crippen LogP contribution in [0.2, 0.25) is 0 Å². The molecule has 2 aromatic heterocycles. The number of hydrogen-bond donors (Lipinski definition) is 1. The third-order valence-electron chi connectivity index (χ3n) is 3.78. The van der Waals surface area contributed by atoms with Crippen molar-refractivity contribution in [2.45, 2.75) is 0 Å². The predicted molar refractivity (Wildman–Crippen MR) is 86.6 cm³/mol. The predicted octanol–water partition coefficient (Wildman–Crippen LogP) is 3.63. The summed E-state index contributed by atoms with van der Waals surface area (Å²) in [6, 6.07) is 13.4. The molecule has 0 aliphatic heterocycles. The Hall–Kier alpha value is -3.28. The fraction of sp³-hybridized carbons (Fsp3) is 0. The molecule has 4 rings (SSSR count). The highest BCUT2D eigenvalue weighted by atomic mass is 19.1. The Balaban J connectivity index is 1.99. The first-order valence-electron chi connectivity index (χ1n) is 7.25. The minimum atomic E-state index is -0.461. The van der Waals surface area contributed by atoms with E-state index in [2.05, 4.69) is 10.1 Å². The second-order valence-corrected chi connectivity index (χ2v) is 5.32. The first kappa shape index (κ1) is 14.3. The smallest absolute Gasteiger partial charge is 0.273 e. The normalized spacial score (nSPS) is 11.1. The third kappa shape index (κ3) is 2.28. The zero-order valence-electron chi connectivity index (χ0n) is 12.3. The molecular formula is C18H11F2N3O. The van der Waals surface area contributed by atoms with E-state index in [1.165, 1.54) is 28.8 Å². The fourth-order valence-corrected chi connectivity index (χ4v) is 2.66. The van der Waals surface area contributed by atoms with E-state index in [9.17, 15) is 13.6 Å². The van der Waals surface area contributed by atoms with Gasteiger partial charge in [0.2, 0.25) is 0 Å². The molecule has 4 aromatic rings. The van der Waals surface area contributed by atoms with E-state index < -0.39 is 5.82 Å². The summed E-state index contributed by atoms with van der Waals surface area (Å²) in [7, 11) is 0. The summed E-state index contributed by atoms with van der Waals surface area (Å²) >= 11 is 0. The maximum absolute atomic E-state index is 14.0. The van der Waals surface area contributed by atoms with Gasteiger partial charge < -0.3 is 0 Å². The summed E-state index contributed by atoms with van der Waals surface area (Å²) in [4.78, 5) is 16.7. The molecule has 2 aromatic carbocycles. The van der Waals surface area contributed by atoms with Crippen LogP contribution in [0.1, 0.15) is 0 Å². The lowest BCUT2D eigenvalue weighted by molar-refractivity contribution is 0.628. The molecule has 0 fully saturated rings. The van der Waals surface area contributed by atoms with Gasteiger partial charge in [-0.15, -0.1) is 0 Å². The second-order valence-electron chi connectivity index (χ2n) is 5.32. The number of hydrogen-bond acceptors (Lipinski definition) is 2. The van der Waals surface area contributed by atoms with Crippen molar-refractivity contribution < 1.29 is 8.78 Å². The lowest BCUT2D eigenvalue weighted by Gasteiger charge is -2.04. The Morgan fingerprint density at radius 2 is 1.79 bits per heavy atom. The van der Waals surface area contributed by atoms with Crippen molar-refractivity contribution >= 4 is 5.65 Å². The van der Waals surface area contributed by atoms with E-state index in [0.29, 0.717) is 16.8 Å². The summed E-state index contributed by atoms with van der Waals surface area (Å²) < 4.78 is 28.7. The van der Waals surface area contributed by atoms with Gasteiger partial charge in [-0.05, 0) is 29.8 Å². The Morgan fingerprint density at radius 1 is 0.958 bits per heavy atom. The van der Waals surface area contributed by atoms with Crippen LogP contribution in [-0.2, 0) is 0 Å². The van der Waals surface area contributed by atoms with E-state index >= 15 is 0 Å². The van der Waals surface area contributed by atoms with E-state index in [1.54, 1.807) is 36.5 Å². The van der Waals surface area contributed by atoms with Gasteiger partial charge in [-0.3, -0.25) is 9.89 Å². The molecule has 0 amide bonds. The van der Waals surface area contributed by atoms with Gasteiger partial charge in [-0.2, -0.15) is 0 Å². The van der Waals surface area contributed by atoms with Crippen LogP contribution in [0.15, 0.2) is 65.6 Å². The van der Waals surface area contributed by atoms with Crippen LogP contribution >= 0.6 is 0 Å². The van der Waals surface area contributed by atoms with Crippen molar-refractivity contribution in [1.29, 1.82) is 0 Å². The van der Waals surface area contributed by atoms with Crippen molar-refractivity contribution in [2.24, 2.45) is 0 Å². The SMILES string of the molecule is O=c1cc(-c2ccccc2F)nc2c(-c3cccc(F)c3)c[nH]n12. The Morgan fingerprint density at radius 3 is 2.58 bits per heavy atom. The number of aromatic amines is 1. The molecule has 0 saturated heterocycles. The number of fused-ring (bicyclic) bond motifs is 1. The molecule has 0 saturated carbocycles. The van der Waals surface area contributed by atoms with Gasteiger partial charge >= 0.3 is 0 Å². The van der Waals surface area contributed by atoms with E-state index in [4.69, 9.17) is 0 Å². The largest absolute Gasteiger partial charge is 0.296 e. The molecule has 2 heterocycles. The molecule has 6 heteroatoms. The van der Waals surface area contributed by atoms with Gasteiger partial charge in [0.05, 0.1) is 5.69 Å². The first-order chi connectivity index (χ1) is 11.6. The quantitative estimate of drug-likeness (QED) is 0.612. The topological polar surface area (TPSA) is 50.2 Å².